The van der Waals surface area contributed by atoms with Gasteiger partial charge in [-0.25, -0.2) is 0 Å². The van der Waals surface area contributed by atoms with Crippen LogP contribution in [0.5, 0.6) is 0 Å². The normalized spacial score (nSPS) is 25.6. The maximum atomic E-state index is 11.8. The maximum absolute atomic E-state index is 11.8. The van der Waals surface area contributed by atoms with E-state index in [2.05, 4.69) is 15.9 Å². The molecule has 15 heavy (non-hydrogen) atoms. The third-order valence-electron chi connectivity index (χ3n) is 2.79. The van der Waals surface area contributed by atoms with Crippen LogP contribution in [0.3, 0.4) is 0 Å². The quantitative estimate of drug-likeness (QED) is 0.622. The number of hydrogen-bond acceptors (Lipinski definition) is 3. The number of alkyl halides is 1. The second-order valence-corrected chi connectivity index (χ2v) is 5.19. The Bertz CT molecular complexity index is 342. The second-order valence-electron chi connectivity index (χ2n) is 4.63. The Kier molecular flexibility index (Phi) is 3.38. The van der Waals surface area contributed by atoms with Gasteiger partial charge in [0.05, 0.1) is 10.9 Å². The van der Waals surface area contributed by atoms with E-state index in [1.54, 1.807) is 6.92 Å². The van der Waals surface area contributed by atoms with Gasteiger partial charge in [0.25, 0.3) is 0 Å². The fraction of sp³-hybridized carbons (Fsp3) is 0.636. The van der Waals surface area contributed by atoms with Gasteiger partial charge in [-0.1, -0.05) is 36.7 Å². The zero-order valence-corrected chi connectivity index (χ0v) is 10.7. The zero-order chi connectivity index (χ0) is 11.8. The van der Waals surface area contributed by atoms with Crippen molar-refractivity contribution in [2.24, 2.45) is 11.3 Å². The summed E-state index contributed by atoms with van der Waals surface area (Å²) in [7, 11) is 0. The molecule has 1 atom stereocenters. The van der Waals surface area contributed by atoms with E-state index >= 15 is 0 Å². The molecule has 0 saturated carbocycles. The molecule has 0 spiro atoms. The molecule has 1 rings (SSSR count). The molecule has 0 bridgehead atoms. The number of Topliss-reactive ketones (excluding diaryl/α,β-unsaturated/α-hetero) is 2. The summed E-state index contributed by atoms with van der Waals surface area (Å²) in [5, 5.41) is 9.97. The van der Waals surface area contributed by atoms with Crippen LogP contribution in [-0.2, 0) is 9.59 Å². The fourth-order valence-corrected chi connectivity index (χ4v) is 2.27. The first-order valence-electron chi connectivity index (χ1n) is 4.88. The van der Waals surface area contributed by atoms with Crippen LogP contribution < -0.4 is 0 Å². The first kappa shape index (κ1) is 12.4. The Labute approximate surface area is 97.7 Å². The van der Waals surface area contributed by atoms with Gasteiger partial charge in [0.15, 0.2) is 11.6 Å². The van der Waals surface area contributed by atoms with Gasteiger partial charge in [0, 0.05) is 11.3 Å². The standard InChI is InChI=1S/C11H15BrO3/c1-6-4-11(2,3)10(15)8(9(6)14)7(13)5-12/h6,15H,4-5H2,1-3H3. The van der Waals surface area contributed by atoms with Crippen molar-refractivity contribution in [1.82, 2.24) is 0 Å². The number of carbonyl (C=O) groups excluding carboxylic acids is 2. The number of carbonyl (C=O) groups is 2. The van der Waals surface area contributed by atoms with Gasteiger partial charge in [0.1, 0.15) is 5.76 Å². The Balaban J connectivity index is 3.27. The lowest BCUT2D eigenvalue weighted by Gasteiger charge is -2.33. The Morgan fingerprint density at radius 2 is 2.13 bits per heavy atom. The Hall–Kier alpha value is -0.640. The highest BCUT2D eigenvalue weighted by atomic mass is 79.9. The van der Waals surface area contributed by atoms with E-state index in [0.717, 1.165) is 0 Å². The Morgan fingerprint density at radius 1 is 1.60 bits per heavy atom. The van der Waals surface area contributed by atoms with Crippen LogP contribution in [0.2, 0.25) is 0 Å². The van der Waals surface area contributed by atoms with Gasteiger partial charge in [-0.05, 0) is 6.42 Å². The van der Waals surface area contributed by atoms with E-state index in [1.807, 2.05) is 13.8 Å². The molecule has 84 valence electrons. The van der Waals surface area contributed by atoms with Gasteiger partial charge in [-0.2, -0.15) is 0 Å². The number of rotatable bonds is 2. The average Bonchev–Trinajstić information content (AvgIpc) is 2.14. The number of aliphatic hydroxyl groups is 1. The fourth-order valence-electron chi connectivity index (χ4n) is 1.99. The molecule has 0 aromatic carbocycles. The molecule has 1 N–H and O–H groups in total. The smallest absolute Gasteiger partial charge is 0.180 e. The minimum Gasteiger partial charge on any atom is -0.511 e. The summed E-state index contributed by atoms with van der Waals surface area (Å²) in [5.74, 6) is -0.836. The summed E-state index contributed by atoms with van der Waals surface area (Å²) >= 11 is 3.02. The van der Waals surface area contributed by atoms with Crippen molar-refractivity contribution in [3.63, 3.8) is 0 Å². The van der Waals surface area contributed by atoms with Crippen molar-refractivity contribution in [1.29, 1.82) is 0 Å². The summed E-state index contributed by atoms with van der Waals surface area (Å²) in [6.07, 6.45) is 0.580. The molecule has 0 amide bonds. The first-order chi connectivity index (χ1) is 6.81. The lowest BCUT2D eigenvalue weighted by Crippen LogP contribution is -2.35. The van der Waals surface area contributed by atoms with Gasteiger partial charge >= 0.3 is 0 Å². The summed E-state index contributed by atoms with van der Waals surface area (Å²) in [6.45, 7) is 5.47. The molecule has 0 saturated heterocycles. The van der Waals surface area contributed by atoms with Crippen LogP contribution in [0.25, 0.3) is 0 Å². The summed E-state index contributed by atoms with van der Waals surface area (Å²) in [5.41, 5.74) is -0.504. The maximum Gasteiger partial charge on any atom is 0.180 e. The molecule has 0 aliphatic heterocycles. The van der Waals surface area contributed by atoms with E-state index in [1.165, 1.54) is 0 Å². The number of allylic oxidation sites excluding steroid dienone is 2. The van der Waals surface area contributed by atoms with Crippen molar-refractivity contribution < 1.29 is 14.7 Å². The molecule has 0 aromatic rings. The third-order valence-corrected chi connectivity index (χ3v) is 3.30. The number of aliphatic hydroxyl groups excluding tert-OH is 1. The van der Waals surface area contributed by atoms with E-state index in [0.29, 0.717) is 6.42 Å². The molecule has 3 nitrogen and oxygen atoms in total. The number of hydrogen-bond donors (Lipinski definition) is 1. The van der Waals surface area contributed by atoms with Crippen LogP contribution in [0, 0.1) is 11.3 Å². The van der Waals surface area contributed by atoms with Gasteiger partial charge in [0.2, 0.25) is 0 Å². The number of ketones is 2. The predicted octanol–water partition coefficient (Wildman–Crippen LogP) is 2.40. The van der Waals surface area contributed by atoms with Crippen molar-refractivity contribution in [3.8, 4) is 0 Å². The van der Waals surface area contributed by atoms with Gasteiger partial charge in [-0.3, -0.25) is 9.59 Å². The van der Waals surface area contributed by atoms with E-state index in [9.17, 15) is 14.7 Å². The monoisotopic (exact) mass is 274 g/mol. The van der Waals surface area contributed by atoms with Crippen LogP contribution in [-0.4, -0.2) is 22.0 Å². The average molecular weight is 275 g/mol. The summed E-state index contributed by atoms with van der Waals surface area (Å²) < 4.78 is 0. The Morgan fingerprint density at radius 3 is 2.60 bits per heavy atom. The molecule has 0 fully saturated rings. The highest BCUT2D eigenvalue weighted by Gasteiger charge is 2.40. The van der Waals surface area contributed by atoms with Crippen LogP contribution in [0.4, 0.5) is 0 Å². The molecular weight excluding hydrogens is 260 g/mol. The van der Waals surface area contributed by atoms with E-state index < -0.39 is 5.41 Å². The van der Waals surface area contributed by atoms with Crippen molar-refractivity contribution in [2.45, 2.75) is 27.2 Å². The van der Waals surface area contributed by atoms with Crippen LogP contribution in [0.15, 0.2) is 11.3 Å². The lowest BCUT2D eigenvalue weighted by atomic mass is 9.71. The molecule has 4 heteroatoms. The molecule has 0 heterocycles. The van der Waals surface area contributed by atoms with Crippen LogP contribution >= 0.6 is 15.9 Å². The van der Waals surface area contributed by atoms with Crippen molar-refractivity contribution >= 4 is 27.5 Å². The predicted molar refractivity (Wildman–Crippen MR) is 61.0 cm³/mol. The SMILES string of the molecule is CC1CC(C)(C)C(O)=C(C(=O)CBr)C1=O. The van der Waals surface area contributed by atoms with E-state index in [-0.39, 0.29) is 34.1 Å². The summed E-state index contributed by atoms with van der Waals surface area (Å²) in [6, 6.07) is 0. The molecular formula is C11H15BrO3. The largest absolute Gasteiger partial charge is 0.511 e. The van der Waals surface area contributed by atoms with Crippen LogP contribution in [0.1, 0.15) is 27.2 Å². The molecule has 0 radical (unpaired) electrons. The first-order valence-corrected chi connectivity index (χ1v) is 6.00. The van der Waals surface area contributed by atoms with Gasteiger partial charge < -0.3 is 5.11 Å². The topological polar surface area (TPSA) is 54.4 Å². The molecule has 1 unspecified atom stereocenters. The number of halogens is 1. The second kappa shape index (κ2) is 4.08. The molecule has 1 aliphatic rings. The molecule has 0 aromatic heterocycles. The van der Waals surface area contributed by atoms with Gasteiger partial charge in [-0.15, -0.1) is 0 Å². The van der Waals surface area contributed by atoms with Crippen molar-refractivity contribution in [2.75, 3.05) is 5.33 Å². The minimum absolute atomic E-state index is 0.0179. The highest BCUT2D eigenvalue weighted by Crippen LogP contribution is 2.40. The zero-order valence-electron chi connectivity index (χ0n) is 9.13. The third kappa shape index (κ3) is 2.14. The molecule has 1 aliphatic carbocycles. The lowest BCUT2D eigenvalue weighted by molar-refractivity contribution is -0.124. The summed E-state index contributed by atoms with van der Waals surface area (Å²) in [4.78, 5) is 23.3. The van der Waals surface area contributed by atoms with E-state index in [4.69, 9.17) is 0 Å². The minimum atomic E-state index is -0.486. The highest BCUT2D eigenvalue weighted by molar-refractivity contribution is 9.09. The van der Waals surface area contributed by atoms with Crippen molar-refractivity contribution in [3.05, 3.63) is 11.3 Å².